The number of ether oxygens (including phenoxy) is 1. The fourth-order valence-corrected chi connectivity index (χ4v) is 3.67. The van der Waals surface area contributed by atoms with E-state index in [0.717, 1.165) is 0 Å². The van der Waals surface area contributed by atoms with E-state index in [9.17, 15) is 13.2 Å². The third-order valence-electron chi connectivity index (χ3n) is 2.64. The molecule has 1 aromatic carbocycles. The maximum atomic E-state index is 12.3. The third kappa shape index (κ3) is 5.47. The van der Waals surface area contributed by atoms with Crippen molar-refractivity contribution < 1.29 is 17.9 Å². The highest BCUT2D eigenvalue weighted by molar-refractivity contribution is 7.89. The molecule has 0 radical (unpaired) electrons. The summed E-state index contributed by atoms with van der Waals surface area (Å²) >= 11 is 11.6. The lowest BCUT2D eigenvalue weighted by molar-refractivity contribution is -0.143. The molecule has 5 nitrogen and oxygen atoms in total. The average molecular weight is 354 g/mol. The molecule has 1 rings (SSSR count). The molecule has 0 aromatic heterocycles. The molecule has 1 aromatic rings. The topological polar surface area (TPSA) is 72.5 Å². The number of carbonyl (C=O) groups is 1. The summed E-state index contributed by atoms with van der Waals surface area (Å²) in [6.45, 7) is 3.75. The third-order valence-corrected chi connectivity index (χ3v) is 4.52. The van der Waals surface area contributed by atoms with Crippen LogP contribution in [0.25, 0.3) is 0 Å². The van der Waals surface area contributed by atoms with Crippen molar-refractivity contribution in [3.63, 3.8) is 0 Å². The summed E-state index contributed by atoms with van der Waals surface area (Å²) < 4.78 is 31.6. The molecule has 0 aliphatic carbocycles. The predicted octanol–water partition coefficient (Wildman–Crippen LogP) is 2.86. The number of carbonyl (C=O) groups excluding carboxylic acids is 1. The summed E-state index contributed by atoms with van der Waals surface area (Å²) in [5, 5.41) is 0.391. The van der Waals surface area contributed by atoms with E-state index in [0.29, 0.717) is 6.42 Å². The maximum Gasteiger partial charge on any atom is 0.323 e. The molecule has 0 amide bonds. The van der Waals surface area contributed by atoms with Gasteiger partial charge in [0.25, 0.3) is 0 Å². The van der Waals surface area contributed by atoms with Crippen LogP contribution in [0.1, 0.15) is 20.3 Å². The minimum absolute atomic E-state index is 0.0994. The van der Waals surface area contributed by atoms with E-state index in [1.807, 2.05) is 13.8 Å². The summed E-state index contributed by atoms with van der Waals surface area (Å²) in [5.41, 5.74) is 0. The Morgan fingerprint density at radius 1 is 1.24 bits per heavy atom. The van der Waals surface area contributed by atoms with Gasteiger partial charge in [0.1, 0.15) is 6.04 Å². The molecule has 8 heteroatoms. The number of sulfonamides is 1. The SMILES string of the molecule is COC(=O)C(CC(C)C)NS(=O)(=O)c1cc(Cl)cc(Cl)c1. The van der Waals surface area contributed by atoms with Gasteiger partial charge in [0.2, 0.25) is 10.0 Å². The normalized spacial score (nSPS) is 13.2. The Morgan fingerprint density at radius 2 is 1.76 bits per heavy atom. The van der Waals surface area contributed by atoms with Gasteiger partial charge < -0.3 is 4.74 Å². The molecule has 21 heavy (non-hydrogen) atoms. The Labute approximate surface area is 134 Å². The van der Waals surface area contributed by atoms with Gasteiger partial charge in [-0.25, -0.2) is 8.42 Å². The maximum absolute atomic E-state index is 12.3. The fraction of sp³-hybridized carbons (Fsp3) is 0.462. The van der Waals surface area contributed by atoms with Crippen LogP contribution < -0.4 is 4.72 Å². The van der Waals surface area contributed by atoms with Gasteiger partial charge in [-0.1, -0.05) is 37.0 Å². The number of esters is 1. The van der Waals surface area contributed by atoms with Crippen molar-refractivity contribution in [1.29, 1.82) is 0 Å². The van der Waals surface area contributed by atoms with Crippen LogP contribution in [0.4, 0.5) is 0 Å². The van der Waals surface area contributed by atoms with E-state index in [-0.39, 0.29) is 20.9 Å². The van der Waals surface area contributed by atoms with E-state index in [4.69, 9.17) is 23.2 Å². The standard InChI is InChI=1S/C13H17Cl2NO4S/c1-8(2)4-12(13(17)20-3)16-21(18,19)11-6-9(14)5-10(15)7-11/h5-8,12,16H,4H2,1-3H3. The zero-order valence-electron chi connectivity index (χ0n) is 11.9. The smallest absolute Gasteiger partial charge is 0.323 e. The number of nitrogens with one attached hydrogen (secondary N) is 1. The molecule has 0 aliphatic heterocycles. The monoisotopic (exact) mass is 353 g/mol. The van der Waals surface area contributed by atoms with Crippen LogP contribution in [0, 0.1) is 5.92 Å². The Morgan fingerprint density at radius 3 is 2.19 bits per heavy atom. The van der Waals surface area contributed by atoms with Gasteiger partial charge in [0, 0.05) is 10.0 Å². The Bertz CT molecular complexity index is 596. The molecule has 0 heterocycles. The summed E-state index contributed by atoms with van der Waals surface area (Å²) in [7, 11) is -2.72. The van der Waals surface area contributed by atoms with Crippen molar-refractivity contribution in [2.24, 2.45) is 5.92 Å². The molecule has 0 fully saturated rings. The largest absolute Gasteiger partial charge is 0.468 e. The van der Waals surface area contributed by atoms with Crippen molar-refractivity contribution >= 4 is 39.2 Å². The number of benzene rings is 1. The number of rotatable bonds is 6. The van der Waals surface area contributed by atoms with Gasteiger partial charge in [-0.2, -0.15) is 4.72 Å². The molecule has 0 saturated heterocycles. The highest BCUT2D eigenvalue weighted by Crippen LogP contribution is 2.23. The van der Waals surface area contributed by atoms with Crippen molar-refractivity contribution in [2.45, 2.75) is 31.2 Å². The van der Waals surface area contributed by atoms with Crippen molar-refractivity contribution in [3.8, 4) is 0 Å². The lowest BCUT2D eigenvalue weighted by Crippen LogP contribution is -2.42. The van der Waals surface area contributed by atoms with Gasteiger partial charge in [0.15, 0.2) is 0 Å². The van der Waals surface area contributed by atoms with Crippen molar-refractivity contribution in [3.05, 3.63) is 28.2 Å². The molecule has 1 N–H and O–H groups in total. The van der Waals surface area contributed by atoms with E-state index in [1.54, 1.807) is 0 Å². The van der Waals surface area contributed by atoms with E-state index in [2.05, 4.69) is 9.46 Å². The molecule has 118 valence electrons. The van der Waals surface area contributed by atoms with Crippen LogP contribution in [0.3, 0.4) is 0 Å². The second-order valence-electron chi connectivity index (χ2n) is 4.93. The van der Waals surface area contributed by atoms with Gasteiger partial charge in [-0.3, -0.25) is 4.79 Å². The summed E-state index contributed by atoms with van der Waals surface area (Å²) in [5.74, 6) is -0.528. The summed E-state index contributed by atoms with van der Waals surface area (Å²) in [6, 6.07) is 2.99. The van der Waals surface area contributed by atoms with Crippen LogP contribution in [0.15, 0.2) is 23.1 Å². The van der Waals surface area contributed by atoms with E-state index in [1.165, 1.54) is 25.3 Å². The first-order valence-corrected chi connectivity index (χ1v) is 8.46. The number of hydrogen-bond donors (Lipinski definition) is 1. The Hall–Kier alpha value is -0.820. The van der Waals surface area contributed by atoms with Crippen LogP contribution >= 0.6 is 23.2 Å². The van der Waals surface area contributed by atoms with E-state index < -0.39 is 22.0 Å². The average Bonchev–Trinajstić information content (AvgIpc) is 2.35. The Kier molecular flexibility index (Phi) is 6.46. The molecule has 0 aliphatic rings. The van der Waals surface area contributed by atoms with Crippen molar-refractivity contribution in [2.75, 3.05) is 7.11 Å². The number of halogens is 2. The molecule has 0 bridgehead atoms. The zero-order chi connectivity index (χ0) is 16.2. The first-order chi connectivity index (χ1) is 9.65. The second kappa shape index (κ2) is 7.45. The minimum Gasteiger partial charge on any atom is -0.468 e. The molecule has 0 spiro atoms. The number of methoxy groups -OCH3 is 1. The zero-order valence-corrected chi connectivity index (χ0v) is 14.2. The van der Waals surface area contributed by atoms with Crippen LogP contribution in [-0.2, 0) is 19.6 Å². The van der Waals surface area contributed by atoms with Gasteiger partial charge in [-0.15, -0.1) is 0 Å². The quantitative estimate of drug-likeness (QED) is 0.798. The molecule has 1 unspecified atom stereocenters. The summed E-state index contributed by atoms with van der Waals surface area (Å²) in [6.07, 6.45) is 0.320. The first-order valence-electron chi connectivity index (χ1n) is 6.22. The lowest BCUT2D eigenvalue weighted by Gasteiger charge is -2.18. The lowest BCUT2D eigenvalue weighted by atomic mass is 10.1. The second-order valence-corrected chi connectivity index (χ2v) is 7.52. The molecular weight excluding hydrogens is 337 g/mol. The minimum atomic E-state index is -3.92. The van der Waals surface area contributed by atoms with E-state index >= 15 is 0 Å². The highest BCUT2D eigenvalue weighted by Gasteiger charge is 2.27. The highest BCUT2D eigenvalue weighted by atomic mass is 35.5. The summed E-state index contributed by atoms with van der Waals surface area (Å²) in [4.78, 5) is 11.6. The van der Waals surface area contributed by atoms with Crippen LogP contribution in [0.2, 0.25) is 10.0 Å². The van der Waals surface area contributed by atoms with Gasteiger partial charge in [-0.05, 0) is 30.5 Å². The molecule has 1 atom stereocenters. The molecule has 0 saturated carbocycles. The van der Waals surface area contributed by atoms with Gasteiger partial charge >= 0.3 is 5.97 Å². The first kappa shape index (κ1) is 18.2. The molecular formula is C13H17Cl2NO4S. The predicted molar refractivity (Wildman–Crippen MR) is 82.0 cm³/mol. The van der Waals surface area contributed by atoms with Crippen molar-refractivity contribution in [1.82, 2.24) is 4.72 Å². The Balaban J connectivity index is 3.08. The number of hydrogen-bond acceptors (Lipinski definition) is 4. The fourth-order valence-electron chi connectivity index (χ4n) is 1.75. The van der Waals surface area contributed by atoms with Gasteiger partial charge in [0.05, 0.1) is 12.0 Å². The van der Waals surface area contributed by atoms with Crippen LogP contribution in [-0.4, -0.2) is 27.5 Å². The van der Waals surface area contributed by atoms with Crippen LogP contribution in [0.5, 0.6) is 0 Å².